The lowest BCUT2D eigenvalue weighted by molar-refractivity contribution is -0.142. The second kappa shape index (κ2) is 4.56. The number of hydrogen-bond acceptors (Lipinski definition) is 3. The molecule has 1 aromatic rings. The summed E-state index contributed by atoms with van der Waals surface area (Å²) in [6.07, 6.45) is 0.904. The molecule has 0 heterocycles. The van der Waals surface area contributed by atoms with E-state index in [1.165, 1.54) is 26.0 Å². The number of sulfonamides is 1. The Bertz CT molecular complexity index is 581. The van der Waals surface area contributed by atoms with Crippen molar-refractivity contribution in [1.29, 1.82) is 0 Å². The smallest absolute Gasteiger partial charge is 0.313 e. The highest BCUT2D eigenvalue weighted by Gasteiger charge is 2.30. The highest BCUT2D eigenvalue weighted by atomic mass is 32.2. The van der Waals surface area contributed by atoms with Gasteiger partial charge in [-0.05, 0) is 31.5 Å². The van der Waals surface area contributed by atoms with Crippen LogP contribution in [0.15, 0.2) is 18.2 Å². The molecule has 0 aliphatic carbocycles. The molecule has 0 unspecified atom stereocenters. The van der Waals surface area contributed by atoms with Crippen molar-refractivity contribution in [2.45, 2.75) is 19.3 Å². The Morgan fingerprint density at radius 2 is 1.94 bits per heavy atom. The molecule has 0 aliphatic rings. The number of aliphatic carboxylic acids is 1. The van der Waals surface area contributed by atoms with Crippen LogP contribution in [0.25, 0.3) is 0 Å². The van der Waals surface area contributed by atoms with E-state index in [9.17, 15) is 17.6 Å². The van der Waals surface area contributed by atoms with Gasteiger partial charge in [0.2, 0.25) is 10.0 Å². The van der Waals surface area contributed by atoms with Crippen LogP contribution in [-0.4, -0.2) is 25.7 Å². The zero-order valence-electron chi connectivity index (χ0n) is 10.2. The molecule has 0 amide bonds. The summed E-state index contributed by atoms with van der Waals surface area (Å²) in [6.45, 7) is 2.88. The van der Waals surface area contributed by atoms with E-state index in [0.29, 0.717) is 0 Å². The van der Waals surface area contributed by atoms with Crippen LogP contribution in [0, 0.1) is 5.82 Å². The normalized spacial score (nSPS) is 12.2. The monoisotopic (exact) mass is 275 g/mol. The van der Waals surface area contributed by atoms with Crippen LogP contribution in [0.3, 0.4) is 0 Å². The topological polar surface area (TPSA) is 83.5 Å². The first-order valence-electron chi connectivity index (χ1n) is 5.05. The lowest BCUT2D eigenvalue weighted by Gasteiger charge is -2.20. The minimum Gasteiger partial charge on any atom is -0.481 e. The van der Waals surface area contributed by atoms with Crippen LogP contribution in [0.1, 0.15) is 19.4 Å². The SMILES string of the molecule is CC(C)(C(=O)O)c1ccc(NS(C)(=O)=O)c(F)c1. The average molecular weight is 275 g/mol. The highest BCUT2D eigenvalue weighted by Crippen LogP contribution is 2.27. The molecular weight excluding hydrogens is 261 g/mol. The molecule has 0 saturated heterocycles. The number of carboxylic acids is 1. The Hall–Kier alpha value is -1.63. The number of carbonyl (C=O) groups is 1. The summed E-state index contributed by atoms with van der Waals surface area (Å²) in [5.41, 5.74) is -1.20. The molecule has 0 radical (unpaired) electrons. The summed E-state index contributed by atoms with van der Waals surface area (Å²) in [4.78, 5) is 11.0. The van der Waals surface area contributed by atoms with Gasteiger partial charge in [-0.15, -0.1) is 0 Å². The Kier molecular flexibility index (Phi) is 3.66. The molecule has 18 heavy (non-hydrogen) atoms. The minimum atomic E-state index is -3.57. The molecule has 100 valence electrons. The van der Waals surface area contributed by atoms with Gasteiger partial charge in [-0.1, -0.05) is 6.07 Å². The molecule has 0 atom stereocenters. The van der Waals surface area contributed by atoms with Crippen LogP contribution in [0.4, 0.5) is 10.1 Å². The Morgan fingerprint density at radius 3 is 2.33 bits per heavy atom. The van der Waals surface area contributed by atoms with Crippen molar-refractivity contribution in [1.82, 2.24) is 0 Å². The van der Waals surface area contributed by atoms with E-state index in [1.54, 1.807) is 0 Å². The first-order chi connectivity index (χ1) is 8.04. The number of anilines is 1. The van der Waals surface area contributed by atoms with Crippen LogP contribution in [0.2, 0.25) is 0 Å². The van der Waals surface area contributed by atoms with Gasteiger partial charge >= 0.3 is 5.97 Å². The number of halogens is 1. The molecule has 0 bridgehead atoms. The lowest BCUT2D eigenvalue weighted by atomic mass is 9.85. The first kappa shape index (κ1) is 14.4. The van der Waals surface area contributed by atoms with Gasteiger partial charge in [0.1, 0.15) is 5.82 Å². The van der Waals surface area contributed by atoms with E-state index in [2.05, 4.69) is 0 Å². The zero-order valence-corrected chi connectivity index (χ0v) is 11.0. The summed E-state index contributed by atoms with van der Waals surface area (Å²) in [5.74, 6) is -1.90. The number of nitrogens with one attached hydrogen (secondary N) is 1. The van der Waals surface area contributed by atoms with Gasteiger partial charge in [-0.25, -0.2) is 12.8 Å². The fourth-order valence-electron chi connectivity index (χ4n) is 1.31. The fourth-order valence-corrected chi connectivity index (χ4v) is 1.87. The van der Waals surface area contributed by atoms with Gasteiger partial charge in [0.05, 0.1) is 17.4 Å². The molecule has 1 rings (SSSR count). The number of benzene rings is 1. The maximum absolute atomic E-state index is 13.7. The molecule has 7 heteroatoms. The van der Waals surface area contributed by atoms with Gasteiger partial charge in [0.25, 0.3) is 0 Å². The second-order valence-electron chi connectivity index (χ2n) is 4.50. The summed E-state index contributed by atoms with van der Waals surface area (Å²) < 4.78 is 37.6. The maximum atomic E-state index is 13.7. The molecule has 2 N–H and O–H groups in total. The summed E-state index contributed by atoms with van der Waals surface area (Å²) in [6, 6.07) is 3.60. The molecule has 1 aromatic carbocycles. The van der Waals surface area contributed by atoms with Crippen molar-refractivity contribution in [3.05, 3.63) is 29.6 Å². The Morgan fingerprint density at radius 1 is 1.39 bits per heavy atom. The standard InChI is InChI=1S/C11H14FNO4S/c1-11(2,10(14)15)7-4-5-9(8(12)6-7)13-18(3,16)17/h4-6,13H,1-3H3,(H,14,15). The number of hydrogen-bond donors (Lipinski definition) is 2. The molecular formula is C11H14FNO4S. The largest absolute Gasteiger partial charge is 0.481 e. The first-order valence-corrected chi connectivity index (χ1v) is 6.94. The fraction of sp³-hybridized carbons (Fsp3) is 0.364. The zero-order chi connectivity index (χ0) is 14.1. The van der Waals surface area contributed by atoms with Crippen molar-refractivity contribution in [2.75, 3.05) is 11.0 Å². The molecule has 0 aliphatic heterocycles. The van der Waals surface area contributed by atoms with E-state index in [-0.39, 0.29) is 11.3 Å². The van der Waals surface area contributed by atoms with Gasteiger partial charge in [-0.2, -0.15) is 0 Å². The summed E-state index contributed by atoms with van der Waals surface area (Å²) in [5, 5.41) is 9.01. The molecule has 0 spiro atoms. The van der Waals surface area contributed by atoms with E-state index >= 15 is 0 Å². The van der Waals surface area contributed by atoms with E-state index in [1.807, 2.05) is 4.72 Å². The van der Waals surface area contributed by atoms with Gasteiger partial charge < -0.3 is 5.11 Å². The van der Waals surface area contributed by atoms with E-state index in [0.717, 1.165) is 12.3 Å². The third-order valence-corrected chi connectivity index (χ3v) is 3.11. The predicted molar refractivity (Wildman–Crippen MR) is 65.5 cm³/mol. The Balaban J connectivity index is 3.18. The van der Waals surface area contributed by atoms with Crippen LogP contribution in [-0.2, 0) is 20.2 Å². The quantitative estimate of drug-likeness (QED) is 0.873. The third-order valence-electron chi connectivity index (χ3n) is 2.52. The Labute approximate surface area is 105 Å². The van der Waals surface area contributed by atoms with Crippen molar-refractivity contribution in [3.63, 3.8) is 0 Å². The van der Waals surface area contributed by atoms with Crippen molar-refractivity contribution in [3.8, 4) is 0 Å². The minimum absolute atomic E-state index is 0.206. The van der Waals surface area contributed by atoms with Gasteiger partial charge in [-0.3, -0.25) is 9.52 Å². The predicted octanol–water partition coefficient (Wildman–Crippen LogP) is 1.56. The number of rotatable bonds is 4. The van der Waals surface area contributed by atoms with Gasteiger partial charge in [0, 0.05) is 0 Å². The van der Waals surface area contributed by atoms with Crippen LogP contribution in [0.5, 0.6) is 0 Å². The van der Waals surface area contributed by atoms with Crippen LogP contribution < -0.4 is 4.72 Å². The maximum Gasteiger partial charge on any atom is 0.313 e. The molecule has 5 nitrogen and oxygen atoms in total. The second-order valence-corrected chi connectivity index (χ2v) is 6.25. The van der Waals surface area contributed by atoms with Gasteiger partial charge in [0.15, 0.2) is 0 Å². The lowest BCUT2D eigenvalue weighted by Crippen LogP contribution is -2.28. The summed E-state index contributed by atoms with van der Waals surface area (Å²) >= 11 is 0. The van der Waals surface area contributed by atoms with Crippen molar-refractivity contribution in [2.24, 2.45) is 0 Å². The van der Waals surface area contributed by atoms with E-state index in [4.69, 9.17) is 5.11 Å². The van der Waals surface area contributed by atoms with Crippen LogP contribution >= 0.6 is 0 Å². The average Bonchev–Trinajstić information content (AvgIpc) is 2.18. The molecule has 0 aromatic heterocycles. The number of carboxylic acid groups (broad SMARTS) is 1. The third kappa shape index (κ3) is 3.19. The summed E-state index contributed by atoms with van der Waals surface area (Å²) in [7, 11) is -3.57. The highest BCUT2D eigenvalue weighted by molar-refractivity contribution is 7.92. The van der Waals surface area contributed by atoms with Crippen molar-refractivity contribution >= 4 is 21.7 Å². The molecule has 0 saturated carbocycles. The molecule has 0 fully saturated rings. The van der Waals surface area contributed by atoms with Crippen molar-refractivity contribution < 1.29 is 22.7 Å². The van der Waals surface area contributed by atoms with E-state index < -0.39 is 27.2 Å².